The highest BCUT2D eigenvalue weighted by molar-refractivity contribution is 5.32. The summed E-state index contributed by atoms with van der Waals surface area (Å²) >= 11 is 0. The molecular formula is C15H23N3O2. The Kier molecular flexibility index (Phi) is 4.40. The van der Waals surface area contributed by atoms with Gasteiger partial charge in [0.2, 0.25) is 0 Å². The Bertz CT molecular complexity index is 471. The second-order valence-electron chi connectivity index (χ2n) is 6.33. The summed E-state index contributed by atoms with van der Waals surface area (Å²) in [5.41, 5.74) is 7.59. The molecule has 1 aromatic carbocycles. The highest BCUT2D eigenvalue weighted by Gasteiger charge is 2.32. The standard InChI is InChI=1S/C15H23N3O2/c1-15(2)11-17(10-8-14(15)16)9-7-12-3-5-13(6-4-12)18(19)20/h3-6,14H,7-11,16H2,1-2H3. The van der Waals surface area contributed by atoms with E-state index in [0.717, 1.165) is 38.0 Å². The molecule has 0 aromatic heterocycles. The molecule has 5 heteroatoms. The zero-order chi connectivity index (χ0) is 14.8. The van der Waals surface area contributed by atoms with E-state index in [4.69, 9.17) is 5.73 Å². The minimum Gasteiger partial charge on any atom is -0.327 e. The predicted octanol–water partition coefficient (Wildman–Crippen LogP) is 2.20. The SMILES string of the molecule is CC1(C)CN(CCc2ccc([N+](=O)[O-])cc2)CCC1N. The topological polar surface area (TPSA) is 72.4 Å². The molecule has 1 aliphatic rings. The number of hydrogen-bond donors (Lipinski definition) is 1. The van der Waals surface area contributed by atoms with Crippen LogP contribution in [0.3, 0.4) is 0 Å². The van der Waals surface area contributed by atoms with Crippen molar-refractivity contribution in [1.29, 1.82) is 0 Å². The second kappa shape index (κ2) is 5.89. The monoisotopic (exact) mass is 277 g/mol. The van der Waals surface area contributed by atoms with Crippen molar-refractivity contribution in [1.82, 2.24) is 4.90 Å². The molecule has 1 fully saturated rings. The highest BCUT2D eigenvalue weighted by atomic mass is 16.6. The summed E-state index contributed by atoms with van der Waals surface area (Å²) in [5.74, 6) is 0. The van der Waals surface area contributed by atoms with E-state index in [2.05, 4.69) is 18.7 Å². The number of hydrogen-bond acceptors (Lipinski definition) is 4. The minimum absolute atomic E-state index is 0.152. The zero-order valence-electron chi connectivity index (χ0n) is 12.2. The Balaban J connectivity index is 1.88. The van der Waals surface area contributed by atoms with Crippen LogP contribution in [0, 0.1) is 15.5 Å². The molecule has 20 heavy (non-hydrogen) atoms. The van der Waals surface area contributed by atoms with E-state index in [0.29, 0.717) is 0 Å². The lowest BCUT2D eigenvalue weighted by molar-refractivity contribution is -0.384. The predicted molar refractivity (Wildman–Crippen MR) is 79.6 cm³/mol. The van der Waals surface area contributed by atoms with Gasteiger partial charge in [-0.25, -0.2) is 0 Å². The maximum absolute atomic E-state index is 10.6. The number of nitro groups is 1. The van der Waals surface area contributed by atoms with Gasteiger partial charge >= 0.3 is 0 Å². The summed E-state index contributed by atoms with van der Waals surface area (Å²) in [6, 6.07) is 7.12. The van der Waals surface area contributed by atoms with Gasteiger partial charge in [-0.1, -0.05) is 26.0 Å². The average Bonchev–Trinajstić information content (AvgIpc) is 2.40. The lowest BCUT2D eigenvalue weighted by Gasteiger charge is -2.42. The molecule has 1 heterocycles. The molecule has 0 radical (unpaired) electrons. The van der Waals surface area contributed by atoms with Gasteiger partial charge in [0.05, 0.1) is 4.92 Å². The summed E-state index contributed by atoms with van der Waals surface area (Å²) in [6.45, 7) is 7.47. The molecule has 2 rings (SSSR count). The van der Waals surface area contributed by atoms with Gasteiger partial charge in [-0.2, -0.15) is 0 Å². The molecule has 110 valence electrons. The Labute approximate surface area is 119 Å². The fraction of sp³-hybridized carbons (Fsp3) is 0.600. The third-order valence-electron chi connectivity index (χ3n) is 4.26. The van der Waals surface area contributed by atoms with Crippen LogP contribution in [-0.4, -0.2) is 35.5 Å². The van der Waals surface area contributed by atoms with Gasteiger partial charge in [0, 0.05) is 31.3 Å². The first-order valence-corrected chi connectivity index (χ1v) is 7.10. The lowest BCUT2D eigenvalue weighted by atomic mass is 9.79. The Morgan fingerprint density at radius 1 is 1.40 bits per heavy atom. The normalized spacial score (nSPS) is 22.6. The number of non-ortho nitro benzene ring substituents is 1. The van der Waals surface area contributed by atoms with Crippen molar-refractivity contribution in [2.45, 2.75) is 32.7 Å². The van der Waals surface area contributed by atoms with Crippen molar-refractivity contribution in [3.05, 3.63) is 39.9 Å². The molecule has 2 N–H and O–H groups in total. The van der Waals surface area contributed by atoms with E-state index in [-0.39, 0.29) is 22.1 Å². The fourth-order valence-electron chi connectivity index (χ4n) is 2.75. The van der Waals surface area contributed by atoms with Crippen LogP contribution in [-0.2, 0) is 6.42 Å². The Morgan fingerprint density at radius 2 is 2.05 bits per heavy atom. The van der Waals surface area contributed by atoms with Crippen LogP contribution in [0.5, 0.6) is 0 Å². The molecule has 5 nitrogen and oxygen atoms in total. The molecule has 0 amide bonds. The number of nitrogens with two attached hydrogens (primary N) is 1. The molecule has 0 bridgehead atoms. The zero-order valence-corrected chi connectivity index (χ0v) is 12.2. The van der Waals surface area contributed by atoms with Gasteiger partial charge in [0.15, 0.2) is 0 Å². The number of nitrogens with zero attached hydrogens (tertiary/aromatic N) is 2. The van der Waals surface area contributed by atoms with Crippen LogP contribution in [0.2, 0.25) is 0 Å². The van der Waals surface area contributed by atoms with E-state index < -0.39 is 0 Å². The van der Waals surface area contributed by atoms with Gasteiger partial charge in [-0.3, -0.25) is 10.1 Å². The number of benzene rings is 1. The number of likely N-dealkylation sites (tertiary alicyclic amines) is 1. The lowest BCUT2D eigenvalue weighted by Crippen LogP contribution is -2.52. The first kappa shape index (κ1) is 14.9. The summed E-state index contributed by atoms with van der Waals surface area (Å²) in [7, 11) is 0. The van der Waals surface area contributed by atoms with Crippen molar-refractivity contribution in [3.8, 4) is 0 Å². The summed E-state index contributed by atoms with van der Waals surface area (Å²) in [5, 5.41) is 10.6. The van der Waals surface area contributed by atoms with E-state index >= 15 is 0 Å². The van der Waals surface area contributed by atoms with E-state index in [1.165, 1.54) is 0 Å². The van der Waals surface area contributed by atoms with Gasteiger partial charge < -0.3 is 10.6 Å². The maximum Gasteiger partial charge on any atom is 0.269 e. The number of rotatable bonds is 4. The molecule has 0 aliphatic carbocycles. The van der Waals surface area contributed by atoms with Crippen LogP contribution in [0.25, 0.3) is 0 Å². The summed E-state index contributed by atoms with van der Waals surface area (Å²) < 4.78 is 0. The van der Waals surface area contributed by atoms with E-state index in [1.54, 1.807) is 12.1 Å². The highest BCUT2D eigenvalue weighted by Crippen LogP contribution is 2.27. The molecule has 1 aliphatic heterocycles. The van der Waals surface area contributed by atoms with Crippen molar-refractivity contribution in [2.24, 2.45) is 11.1 Å². The quantitative estimate of drug-likeness (QED) is 0.676. The van der Waals surface area contributed by atoms with Crippen LogP contribution in [0.4, 0.5) is 5.69 Å². The fourth-order valence-corrected chi connectivity index (χ4v) is 2.75. The van der Waals surface area contributed by atoms with Crippen molar-refractivity contribution >= 4 is 5.69 Å². The molecule has 1 unspecified atom stereocenters. The van der Waals surface area contributed by atoms with Crippen molar-refractivity contribution < 1.29 is 4.92 Å². The van der Waals surface area contributed by atoms with Crippen LogP contribution in [0.1, 0.15) is 25.8 Å². The van der Waals surface area contributed by atoms with Gasteiger partial charge in [0.1, 0.15) is 0 Å². The van der Waals surface area contributed by atoms with E-state index in [9.17, 15) is 10.1 Å². The Morgan fingerprint density at radius 3 is 2.60 bits per heavy atom. The van der Waals surface area contributed by atoms with E-state index in [1.807, 2.05) is 12.1 Å². The van der Waals surface area contributed by atoms with Gasteiger partial charge in [-0.05, 0) is 30.4 Å². The third-order valence-corrected chi connectivity index (χ3v) is 4.26. The van der Waals surface area contributed by atoms with Gasteiger partial charge in [-0.15, -0.1) is 0 Å². The average molecular weight is 277 g/mol. The van der Waals surface area contributed by atoms with Crippen molar-refractivity contribution in [2.75, 3.05) is 19.6 Å². The summed E-state index contributed by atoms with van der Waals surface area (Å²) in [4.78, 5) is 12.7. The molecular weight excluding hydrogens is 254 g/mol. The largest absolute Gasteiger partial charge is 0.327 e. The smallest absolute Gasteiger partial charge is 0.269 e. The molecule has 1 saturated heterocycles. The molecule has 0 spiro atoms. The molecule has 1 aromatic rings. The maximum atomic E-state index is 10.6. The first-order chi connectivity index (χ1) is 9.38. The first-order valence-electron chi connectivity index (χ1n) is 7.10. The molecule has 1 atom stereocenters. The number of piperidine rings is 1. The summed E-state index contributed by atoms with van der Waals surface area (Å²) in [6.07, 6.45) is 1.95. The second-order valence-corrected chi connectivity index (χ2v) is 6.33. The van der Waals surface area contributed by atoms with Crippen LogP contribution >= 0.6 is 0 Å². The van der Waals surface area contributed by atoms with Crippen molar-refractivity contribution in [3.63, 3.8) is 0 Å². The van der Waals surface area contributed by atoms with Gasteiger partial charge in [0.25, 0.3) is 5.69 Å². The molecule has 0 saturated carbocycles. The third kappa shape index (κ3) is 3.55. The Hall–Kier alpha value is -1.46. The minimum atomic E-state index is -0.363. The van der Waals surface area contributed by atoms with Crippen LogP contribution in [0.15, 0.2) is 24.3 Å². The van der Waals surface area contributed by atoms with Crippen LogP contribution < -0.4 is 5.73 Å². The number of nitro benzene ring substituents is 1.